The monoisotopic (exact) mass is 383 g/mol. The molecular weight excluding hydrogens is 362 g/mol. The van der Waals surface area contributed by atoms with Gasteiger partial charge in [-0.15, -0.1) is 0 Å². The Morgan fingerprint density at radius 2 is 1.79 bits per heavy atom. The molecule has 0 spiro atoms. The molecule has 1 aromatic heterocycles. The van der Waals surface area contributed by atoms with E-state index < -0.39 is 5.92 Å². The van der Waals surface area contributed by atoms with Crippen LogP contribution in [0.15, 0.2) is 71.9 Å². The van der Waals surface area contributed by atoms with Crippen molar-refractivity contribution in [2.24, 2.45) is 4.99 Å². The molecule has 144 valence electrons. The van der Waals surface area contributed by atoms with Crippen molar-refractivity contribution in [2.45, 2.75) is 26.3 Å². The summed E-state index contributed by atoms with van der Waals surface area (Å²) in [7, 11) is 0. The molecule has 0 saturated heterocycles. The van der Waals surface area contributed by atoms with Gasteiger partial charge in [0.2, 0.25) is 5.91 Å². The number of pyridine rings is 1. The number of imide groups is 1. The molecular formula is C24H21N3O2. The van der Waals surface area contributed by atoms with Gasteiger partial charge in [0, 0.05) is 18.0 Å². The Morgan fingerprint density at radius 1 is 1.00 bits per heavy atom. The van der Waals surface area contributed by atoms with Gasteiger partial charge < -0.3 is 0 Å². The fraction of sp³-hybridized carbons (Fsp3) is 0.167. The Hall–Kier alpha value is -3.60. The predicted octanol–water partition coefficient (Wildman–Crippen LogP) is 4.24. The van der Waals surface area contributed by atoms with E-state index in [1.54, 1.807) is 18.5 Å². The average Bonchev–Trinajstić information content (AvgIpc) is 2.74. The van der Waals surface area contributed by atoms with Crippen molar-refractivity contribution >= 4 is 23.7 Å². The number of amides is 2. The van der Waals surface area contributed by atoms with Crippen LogP contribution in [0.1, 0.15) is 38.7 Å². The van der Waals surface area contributed by atoms with E-state index in [-0.39, 0.29) is 11.8 Å². The molecule has 4 rings (SSSR count). The number of aliphatic imine (C=N–C) groups is 1. The van der Waals surface area contributed by atoms with E-state index in [2.05, 4.69) is 9.98 Å². The van der Waals surface area contributed by atoms with Crippen LogP contribution in [0.4, 0.5) is 5.69 Å². The van der Waals surface area contributed by atoms with E-state index in [1.807, 2.05) is 68.4 Å². The van der Waals surface area contributed by atoms with Crippen molar-refractivity contribution in [3.63, 3.8) is 0 Å². The normalized spacial score (nSPS) is 16.3. The summed E-state index contributed by atoms with van der Waals surface area (Å²) in [5.74, 6) is -1.21. The minimum atomic E-state index is -0.616. The lowest BCUT2D eigenvalue weighted by atomic mass is 9.88. The van der Waals surface area contributed by atoms with E-state index >= 15 is 0 Å². The minimum Gasteiger partial charge on any atom is -0.290 e. The fourth-order valence-electron chi connectivity index (χ4n) is 3.45. The predicted molar refractivity (Wildman–Crippen MR) is 113 cm³/mol. The van der Waals surface area contributed by atoms with E-state index in [0.29, 0.717) is 23.4 Å². The topological polar surface area (TPSA) is 62.6 Å². The van der Waals surface area contributed by atoms with Gasteiger partial charge in [-0.25, -0.2) is 4.90 Å². The summed E-state index contributed by atoms with van der Waals surface area (Å²) in [6, 6.07) is 18.5. The van der Waals surface area contributed by atoms with Crippen LogP contribution in [0.2, 0.25) is 0 Å². The largest absolute Gasteiger partial charge is 0.290 e. The lowest BCUT2D eigenvalue weighted by Crippen LogP contribution is -2.45. The zero-order valence-corrected chi connectivity index (χ0v) is 16.4. The number of carbonyl (C=O) groups excluding carboxylic acids is 2. The molecule has 0 N–H and O–H groups in total. The van der Waals surface area contributed by atoms with Gasteiger partial charge in [-0.2, -0.15) is 0 Å². The maximum atomic E-state index is 13.3. The number of benzene rings is 2. The smallest absolute Gasteiger partial charge is 0.265 e. The maximum absolute atomic E-state index is 13.3. The highest BCUT2D eigenvalue weighted by atomic mass is 16.2. The first-order valence-corrected chi connectivity index (χ1v) is 9.50. The molecule has 1 aliphatic rings. The van der Waals surface area contributed by atoms with Gasteiger partial charge in [0.15, 0.2) is 0 Å². The maximum Gasteiger partial charge on any atom is 0.265 e. The van der Waals surface area contributed by atoms with Crippen molar-refractivity contribution in [1.82, 2.24) is 4.98 Å². The highest BCUT2D eigenvalue weighted by molar-refractivity contribution is 6.29. The van der Waals surface area contributed by atoms with Gasteiger partial charge in [0.25, 0.3) is 5.91 Å². The zero-order valence-electron chi connectivity index (χ0n) is 16.4. The summed E-state index contributed by atoms with van der Waals surface area (Å²) in [6.45, 7) is 4.35. The van der Waals surface area contributed by atoms with Crippen molar-refractivity contribution in [2.75, 3.05) is 4.90 Å². The molecule has 5 heteroatoms. The second-order valence-corrected chi connectivity index (χ2v) is 7.12. The van der Waals surface area contributed by atoms with Crippen LogP contribution in [0.25, 0.3) is 0 Å². The number of aromatic nitrogens is 1. The highest BCUT2D eigenvalue weighted by Gasteiger charge is 2.38. The summed E-state index contributed by atoms with van der Waals surface area (Å²) in [5, 5.41) is 0. The van der Waals surface area contributed by atoms with E-state index in [9.17, 15) is 9.59 Å². The molecule has 0 radical (unpaired) electrons. The van der Waals surface area contributed by atoms with Crippen LogP contribution in [-0.2, 0) is 11.3 Å². The molecule has 0 aliphatic carbocycles. The molecule has 1 aliphatic heterocycles. The van der Waals surface area contributed by atoms with Crippen molar-refractivity contribution in [1.29, 1.82) is 0 Å². The van der Waals surface area contributed by atoms with E-state index in [1.165, 1.54) is 4.90 Å². The zero-order chi connectivity index (χ0) is 20.4. The highest BCUT2D eigenvalue weighted by Crippen LogP contribution is 2.32. The molecule has 1 atom stereocenters. The molecule has 0 fully saturated rings. The summed E-state index contributed by atoms with van der Waals surface area (Å²) in [6.07, 6.45) is 3.35. The third kappa shape index (κ3) is 3.59. The molecule has 0 saturated carbocycles. The lowest BCUT2D eigenvalue weighted by molar-refractivity contribution is -0.118. The third-order valence-corrected chi connectivity index (χ3v) is 5.20. The van der Waals surface area contributed by atoms with Crippen LogP contribution in [0.5, 0.6) is 0 Å². The van der Waals surface area contributed by atoms with Gasteiger partial charge >= 0.3 is 0 Å². The van der Waals surface area contributed by atoms with Crippen LogP contribution in [-0.4, -0.2) is 23.0 Å². The summed E-state index contributed by atoms with van der Waals surface area (Å²) in [4.78, 5) is 36.4. The van der Waals surface area contributed by atoms with Gasteiger partial charge in [-0.3, -0.25) is 19.6 Å². The molecule has 29 heavy (non-hydrogen) atoms. The summed E-state index contributed by atoms with van der Waals surface area (Å²) < 4.78 is 0. The molecule has 3 aromatic rings. The molecule has 5 nitrogen and oxygen atoms in total. The Morgan fingerprint density at radius 3 is 2.55 bits per heavy atom. The van der Waals surface area contributed by atoms with E-state index in [4.69, 9.17) is 0 Å². The molecule has 2 heterocycles. The quantitative estimate of drug-likeness (QED) is 0.500. The first-order chi connectivity index (χ1) is 14.1. The number of hydrogen-bond acceptors (Lipinski definition) is 4. The van der Waals surface area contributed by atoms with Gasteiger partial charge in [0.05, 0.1) is 23.8 Å². The molecule has 0 unspecified atom stereocenters. The second-order valence-electron chi connectivity index (χ2n) is 7.12. The number of fused-ring (bicyclic) bond motifs is 1. The van der Waals surface area contributed by atoms with Crippen molar-refractivity contribution in [3.8, 4) is 0 Å². The number of aryl methyl sites for hydroxylation is 2. The molecule has 2 amide bonds. The van der Waals surface area contributed by atoms with Gasteiger partial charge in [-0.05, 0) is 60.9 Å². The Labute approximate surface area is 169 Å². The lowest BCUT2D eigenvalue weighted by Gasteiger charge is -2.31. The van der Waals surface area contributed by atoms with Gasteiger partial charge in [-0.1, -0.05) is 30.3 Å². The van der Waals surface area contributed by atoms with Crippen LogP contribution < -0.4 is 4.90 Å². The minimum absolute atomic E-state index is 0.290. The van der Waals surface area contributed by atoms with Crippen LogP contribution >= 0.6 is 0 Å². The number of hydrogen-bond donors (Lipinski definition) is 0. The van der Waals surface area contributed by atoms with Crippen molar-refractivity contribution < 1.29 is 9.59 Å². The third-order valence-electron chi connectivity index (χ3n) is 5.20. The Bertz CT molecular complexity index is 1110. The van der Waals surface area contributed by atoms with Gasteiger partial charge in [0.1, 0.15) is 0 Å². The first-order valence-electron chi connectivity index (χ1n) is 9.50. The Kier molecular flexibility index (Phi) is 5.04. The van der Waals surface area contributed by atoms with E-state index in [0.717, 1.165) is 16.8 Å². The number of anilines is 1. The first kappa shape index (κ1) is 18.7. The van der Waals surface area contributed by atoms with Crippen LogP contribution in [0.3, 0.4) is 0 Å². The molecule has 2 aromatic carbocycles. The summed E-state index contributed by atoms with van der Waals surface area (Å²) >= 11 is 0. The second kappa shape index (κ2) is 7.80. The average molecular weight is 383 g/mol. The SMILES string of the molecule is Cc1ccc(N2C(=O)c3ccccc3[C@H](C=NCc3ccccn3)C2=O)cc1C. The number of rotatable bonds is 4. The van der Waals surface area contributed by atoms with Crippen molar-refractivity contribution in [3.05, 3.63) is 94.8 Å². The standard InChI is InChI=1S/C24H21N3O2/c1-16-10-11-19(13-17(16)2)27-23(28)21-9-4-3-8-20(21)22(24(27)29)15-25-14-18-7-5-6-12-26-18/h3-13,15,22H,14H2,1-2H3/t22-/m0/s1. The van der Waals surface area contributed by atoms with Crippen LogP contribution in [0, 0.1) is 13.8 Å². The number of carbonyl (C=O) groups is 2. The number of nitrogens with zero attached hydrogens (tertiary/aromatic N) is 3. The Balaban J connectivity index is 1.72. The summed E-state index contributed by atoms with van der Waals surface area (Å²) in [5.41, 5.74) is 4.76. The fourth-order valence-corrected chi connectivity index (χ4v) is 3.45. The molecule has 0 bridgehead atoms.